The fraction of sp³-hybridized carbons (Fsp3) is 0.357. The number of methoxy groups -OCH3 is 1. The molecular weight excluding hydrogens is 232 g/mol. The molecule has 98 valence electrons. The summed E-state index contributed by atoms with van der Waals surface area (Å²) in [6.45, 7) is 3.53. The minimum atomic E-state index is -0.821. The summed E-state index contributed by atoms with van der Waals surface area (Å²) in [5.74, 6) is 0. The summed E-state index contributed by atoms with van der Waals surface area (Å²) in [6.07, 6.45) is 0.225. The maximum absolute atomic E-state index is 11.0. The van der Waals surface area contributed by atoms with Gasteiger partial charge in [0.25, 0.3) is 0 Å². The van der Waals surface area contributed by atoms with Crippen molar-refractivity contribution in [3.8, 4) is 0 Å². The summed E-state index contributed by atoms with van der Waals surface area (Å²) >= 11 is 0. The molecule has 0 aromatic heterocycles. The van der Waals surface area contributed by atoms with Crippen LogP contribution in [0.25, 0.3) is 0 Å². The van der Waals surface area contributed by atoms with Crippen molar-refractivity contribution in [2.24, 2.45) is 0 Å². The fourth-order valence-corrected chi connectivity index (χ4v) is 1.57. The van der Waals surface area contributed by atoms with E-state index in [0.29, 0.717) is 12.8 Å². The molecule has 0 aliphatic heterocycles. The average Bonchev–Trinajstić information content (AvgIpc) is 2.42. The lowest BCUT2D eigenvalue weighted by molar-refractivity contribution is -0.00637. The number of aliphatic hydroxyl groups excluding tert-OH is 1. The van der Waals surface area contributed by atoms with Gasteiger partial charge in [-0.15, -0.1) is 0 Å². The Kier molecular flexibility index (Phi) is 5.94. The van der Waals surface area contributed by atoms with Gasteiger partial charge in [-0.3, -0.25) is 0 Å². The van der Waals surface area contributed by atoms with Crippen molar-refractivity contribution in [3.05, 3.63) is 48.6 Å². The first-order valence-electron chi connectivity index (χ1n) is 5.76. The lowest BCUT2D eigenvalue weighted by atomic mass is 10.0. The van der Waals surface area contributed by atoms with Crippen LogP contribution in [-0.4, -0.2) is 30.6 Å². The molecule has 0 saturated carbocycles. The Balaban J connectivity index is 2.45. The van der Waals surface area contributed by atoms with E-state index in [9.17, 15) is 9.90 Å². The number of carbonyl (C=O) groups is 1. The Morgan fingerprint density at radius 2 is 2.11 bits per heavy atom. The predicted molar refractivity (Wildman–Crippen MR) is 68.2 cm³/mol. The molecule has 0 heterocycles. The van der Waals surface area contributed by atoms with E-state index in [-0.39, 0.29) is 0 Å². The van der Waals surface area contributed by atoms with Gasteiger partial charge in [0.1, 0.15) is 6.10 Å². The molecule has 4 nitrogen and oxygen atoms in total. The van der Waals surface area contributed by atoms with Crippen LogP contribution in [-0.2, 0) is 15.9 Å². The molecule has 1 rings (SSSR count). The van der Waals surface area contributed by atoms with Crippen molar-refractivity contribution < 1.29 is 19.4 Å². The largest absolute Gasteiger partial charge is 0.508 e. The third-order valence-corrected chi connectivity index (χ3v) is 2.58. The Morgan fingerprint density at radius 3 is 2.67 bits per heavy atom. The second kappa shape index (κ2) is 7.50. The monoisotopic (exact) mass is 250 g/mol. The third kappa shape index (κ3) is 4.59. The molecule has 1 aromatic rings. The predicted octanol–water partition coefficient (Wildman–Crippen LogP) is 2.32. The minimum absolute atomic E-state index is 0.484. The van der Waals surface area contributed by atoms with E-state index in [4.69, 9.17) is 4.74 Å². The Morgan fingerprint density at radius 1 is 1.44 bits per heavy atom. The maximum atomic E-state index is 11.0. The third-order valence-electron chi connectivity index (χ3n) is 2.58. The van der Waals surface area contributed by atoms with Crippen LogP contribution in [0, 0.1) is 0 Å². The minimum Gasteiger partial charge on any atom is -0.438 e. The van der Waals surface area contributed by atoms with E-state index in [1.54, 1.807) is 0 Å². The highest BCUT2D eigenvalue weighted by Gasteiger charge is 2.20. The highest BCUT2D eigenvalue weighted by Crippen LogP contribution is 2.11. The van der Waals surface area contributed by atoms with Crippen LogP contribution in [0.3, 0.4) is 0 Å². The summed E-state index contributed by atoms with van der Waals surface area (Å²) < 4.78 is 9.25. The van der Waals surface area contributed by atoms with Crippen LogP contribution >= 0.6 is 0 Å². The van der Waals surface area contributed by atoms with E-state index >= 15 is 0 Å². The molecule has 2 atom stereocenters. The standard InChI is InChI=1S/C14H18O4/c1-3-13(18-14(16)17-2)12(15)10-9-11-7-5-4-6-8-11/h3-8,12-13,15H,1,9-10H2,2H3/t12-,13+/m1/s1. The molecule has 0 amide bonds. The fourth-order valence-electron chi connectivity index (χ4n) is 1.57. The van der Waals surface area contributed by atoms with Crippen molar-refractivity contribution in [3.63, 3.8) is 0 Å². The quantitative estimate of drug-likeness (QED) is 0.622. The summed E-state index contributed by atoms with van der Waals surface area (Å²) in [6, 6.07) is 9.79. The van der Waals surface area contributed by atoms with E-state index < -0.39 is 18.4 Å². The van der Waals surface area contributed by atoms with Crippen LogP contribution in [0.4, 0.5) is 4.79 Å². The summed E-state index contributed by atoms with van der Waals surface area (Å²) in [5, 5.41) is 9.91. The molecular formula is C14H18O4. The lowest BCUT2D eigenvalue weighted by Crippen LogP contribution is -2.30. The number of aliphatic hydroxyl groups is 1. The smallest absolute Gasteiger partial charge is 0.438 e. The number of carbonyl (C=O) groups excluding carboxylic acids is 1. The molecule has 1 aromatic carbocycles. The van der Waals surface area contributed by atoms with Crippen molar-refractivity contribution >= 4 is 6.16 Å². The number of hydrogen-bond donors (Lipinski definition) is 1. The van der Waals surface area contributed by atoms with Crippen LogP contribution in [0.15, 0.2) is 43.0 Å². The Bertz CT molecular complexity index is 375. The molecule has 0 spiro atoms. The lowest BCUT2D eigenvalue weighted by Gasteiger charge is -2.19. The van der Waals surface area contributed by atoms with Gasteiger partial charge < -0.3 is 14.6 Å². The van der Waals surface area contributed by atoms with Gasteiger partial charge in [0.15, 0.2) is 0 Å². The topological polar surface area (TPSA) is 55.8 Å². The number of aryl methyl sites for hydroxylation is 1. The van der Waals surface area contributed by atoms with Crippen molar-refractivity contribution in [1.82, 2.24) is 0 Å². The SMILES string of the molecule is C=C[C@H](OC(=O)OC)[C@H](O)CCc1ccccc1. The van der Waals surface area contributed by atoms with Crippen molar-refractivity contribution in [1.29, 1.82) is 0 Å². The van der Waals surface area contributed by atoms with Crippen molar-refractivity contribution in [2.45, 2.75) is 25.0 Å². The van der Waals surface area contributed by atoms with Gasteiger partial charge in [-0.1, -0.05) is 36.9 Å². The zero-order valence-corrected chi connectivity index (χ0v) is 10.4. The Hall–Kier alpha value is -1.81. The van der Waals surface area contributed by atoms with Crippen LogP contribution < -0.4 is 0 Å². The number of rotatable bonds is 6. The highest BCUT2D eigenvalue weighted by atomic mass is 16.7. The van der Waals surface area contributed by atoms with Gasteiger partial charge in [-0.05, 0) is 24.5 Å². The zero-order valence-electron chi connectivity index (χ0n) is 10.4. The number of ether oxygens (including phenoxy) is 2. The van der Waals surface area contributed by atoms with E-state index in [2.05, 4.69) is 11.3 Å². The first kappa shape index (κ1) is 14.3. The van der Waals surface area contributed by atoms with E-state index in [0.717, 1.165) is 5.56 Å². The average molecular weight is 250 g/mol. The van der Waals surface area contributed by atoms with E-state index in [1.165, 1.54) is 13.2 Å². The van der Waals surface area contributed by atoms with Gasteiger partial charge in [0.2, 0.25) is 0 Å². The number of hydrogen-bond acceptors (Lipinski definition) is 4. The normalized spacial score (nSPS) is 13.4. The maximum Gasteiger partial charge on any atom is 0.508 e. The summed E-state index contributed by atoms with van der Waals surface area (Å²) in [5.41, 5.74) is 1.12. The molecule has 0 unspecified atom stereocenters. The molecule has 1 N–H and O–H groups in total. The molecule has 18 heavy (non-hydrogen) atoms. The first-order chi connectivity index (χ1) is 8.67. The van der Waals surface area contributed by atoms with Gasteiger partial charge in [0, 0.05) is 0 Å². The summed E-state index contributed by atoms with van der Waals surface area (Å²) in [4.78, 5) is 11.0. The molecule has 0 saturated heterocycles. The molecule has 0 aliphatic carbocycles. The van der Waals surface area contributed by atoms with Crippen molar-refractivity contribution in [2.75, 3.05) is 7.11 Å². The summed E-state index contributed by atoms with van der Waals surface area (Å²) in [7, 11) is 1.22. The number of benzene rings is 1. The van der Waals surface area contributed by atoms with Crippen LogP contribution in [0.1, 0.15) is 12.0 Å². The molecule has 0 radical (unpaired) electrons. The molecule has 0 bridgehead atoms. The molecule has 4 heteroatoms. The van der Waals surface area contributed by atoms with Gasteiger partial charge in [0.05, 0.1) is 13.2 Å². The first-order valence-corrected chi connectivity index (χ1v) is 5.76. The van der Waals surface area contributed by atoms with E-state index in [1.807, 2.05) is 30.3 Å². The zero-order chi connectivity index (χ0) is 13.4. The second-order valence-electron chi connectivity index (χ2n) is 3.86. The van der Waals surface area contributed by atoms with Gasteiger partial charge in [-0.25, -0.2) is 4.79 Å². The van der Waals surface area contributed by atoms with Crippen LogP contribution in [0.5, 0.6) is 0 Å². The molecule has 0 aliphatic rings. The Labute approximate surface area is 107 Å². The molecule has 0 fully saturated rings. The van der Waals surface area contributed by atoms with Gasteiger partial charge >= 0.3 is 6.16 Å². The second-order valence-corrected chi connectivity index (χ2v) is 3.86. The highest BCUT2D eigenvalue weighted by molar-refractivity contribution is 5.60. The van der Waals surface area contributed by atoms with Crippen LogP contribution in [0.2, 0.25) is 0 Å². The van der Waals surface area contributed by atoms with Gasteiger partial charge in [-0.2, -0.15) is 0 Å².